The van der Waals surface area contributed by atoms with Crippen LogP contribution in [0.4, 0.5) is 0 Å². The van der Waals surface area contributed by atoms with E-state index in [9.17, 15) is 4.79 Å². The van der Waals surface area contributed by atoms with Crippen molar-refractivity contribution >= 4 is 17.7 Å². The number of pyridine rings is 2. The van der Waals surface area contributed by atoms with Crippen LogP contribution in [0.5, 0.6) is 0 Å². The molecule has 120 valence electrons. The monoisotopic (exact) mass is 336 g/mol. The third-order valence-electron chi connectivity index (χ3n) is 3.72. The largest absolute Gasteiger partial charge is 0.465 e. The van der Waals surface area contributed by atoms with Crippen LogP contribution in [-0.4, -0.2) is 29.3 Å². The fourth-order valence-electron chi connectivity index (χ4n) is 2.56. The Morgan fingerprint density at radius 3 is 2.04 bits per heavy atom. The Morgan fingerprint density at radius 1 is 0.917 bits per heavy atom. The number of thioether (sulfide) groups is 1. The molecule has 0 aliphatic carbocycles. The van der Waals surface area contributed by atoms with Crippen molar-refractivity contribution in [3.8, 4) is 22.3 Å². The van der Waals surface area contributed by atoms with E-state index >= 15 is 0 Å². The molecule has 0 amide bonds. The molecule has 3 aromatic rings. The zero-order valence-corrected chi connectivity index (χ0v) is 14.2. The third kappa shape index (κ3) is 3.16. The van der Waals surface area contributed by atoms with Gasteiger partial charge in [0.15, 0.2) is 0 Å². The van der Waals surface area contributed by atoms with Gasteiger partial charge in [0, 0.05) is 29.7 Å². The number of esters is 1. The van der Waals surface area contributed by atoms with Crippen LogP contribution in [0.1, 0.15) is 10.4 Å². The fourth-order valence-corrected chi connectivity index (χ4v) is 3.20. The summed E-state index contributed by atoms with van der Waals surface area (Å²) in [5.41, 5.74) is 4.42. The van der Waals surface area contributed by atoms with Crippen LogP contribution in [-0.2, 0) is 4.74 Å². The fraction of sp³-hybridized carbons (Fsp3) is 0.105. The van der Waals surface area contributed by atoms with Crippen molar-refractivity contribution in [1.82, 2.24) is 9.97 Å². The van der Waals surface area contributed by atoms with Crippen molar-refractivity contribution in [2.75, 3.05) is 13.4 Å². The molecule has 5 heteroatoms. The number of methoxy groups -OCH3 is 1. The average Bonchev–Trinajstić information content (AvgIpc) is 2.67. The molecule has 0 atom stereocenters. The van der Waals surface area contributed by atoms with Crippen LogP contribution in [0.15, 0.2) is 66.1 Å². The van der Waals surface area contributed by atoms with E-state index in [0.717, 1.165) is 27.1 Å². The molecule has 0 bridgehead atoms. The van der Waals surface area contributed by atoms with E-state index in [1.807, 2.05) is 42.7 Å². The lowest BCUT2D eigenvalue weighted by Crippen LogP contribution is -2.06. The van der Waals surface area contributed by atoms with Gasteiger partial charge in [0.25, 0.3) is 0 Å². The summed E-state index contributed by atoms with van der Waals surface area (Å²) in [4.78, 5) is 21.4. The van der Waals surface area contributed by atoms with Crippen molar-refractivity contribution in [2.45, 2.75) is 4.90 Å². The van der Waals surface area contributed by atoms with E-state index in [0.29, 0.717) is 5.56 Å². The van der Waals surface area contributed by atoms with Crippen LogP contribution < -0.4 is 0 Å². The summed E-state index contributed by atoms with van der Waals surface area (Å²) < 4.78 is 5.01. The highest BCUT2D eigenvalue weighted by molar-refractivity contribution is 7.98. The number of nitrogens with zero attached hydrogens (tertiary/aromatic N) is 2. The Kier molecular flexibility index (Phi) is 4.91. The van der Waals surface area contributed by atoms with Crippen molar-refractivity contribution in [1.29, 1.82) is 0 Å². The lowest BCUT2D eigenvalue weighted by atomic mass is 9.95. The summed E-state index contributed by atoms with van der Waals surface area (Å²) in [6.45, 7) is 0. The van der Waals surface area contributed by atoms with Crippen LogP contribution in [0.3, 0.4) is 0 Å². The maximum Gasteiger partial charge on any atom is 0.339 e. The molecule has 2 aromatic heterocycles. The molecule has 0 unspecified atom stereocenters. The first-order chi connectivity index (χ1) is 11.7. The molecular weight excluding hydrogens is 320 g/mol. The first-order valence-electron chi connectivity index (χ1n) is 7.35. The zero-order chi connectivity index (χ0) is 16.9. The predicted octanol–water partition coefficient (Wildman–Crippen LogP) is 4.32. The van der Waals surface area contributed by atoms with Gasteiger partial charge in [0.05, 0.1) is 12.7 Å². The van der Waals surface area contributed by atoms with Gasteiger partial charge in [-0.05, 0) is 64.9 Å². The number of aromatic nitrogens is 2. The summed E-state index contributed by atoms with van der Waals surface area (Å²) in [6.07, 6.45) is 8.90. The number of carbonyl (C=O) groups is 1. The lowest BCUT2D eigenvalue weighted by Gasteiger charge is -2.15. The van der Waals surface area contributed by atoms with Gasteiger partial charge in [-0.3, -0.25) is 9.97 Å². The summed E-state index contributed by atoms with van der Waals surface area (Å²) in [7, 11) is 1.40. The topological polar surface area (TPSA) is 52.1 Å². The number of rotatable bonds is 4. The van der Waals surface area contributed by atoms with Crippen LogP contribution in [0.25, 0.3) is 22.3 Å². The molecule has 3 rings (SSSR count). The van der Waals surface area contributed by atoms with Crippen molar-refractivity contribution in [3.63, 3.8) is 0 Å². The number of carbonyl (C=O) groups excluding carboxylic acids is 1. The van der Waals surface area contributed by atoms with Gasteiger partial charge in [-0.25, -0.2) is 4.79 Å². The molecule has 0 aliphatic rings. The number of hydrogen-bond donors (Lipinski definition) is 0. The number of benzene rings is 1. The van der Waals surface area contributed by atoms with Gasteiger partial charge in [0.2, 0.25) is 0 Å². The molecule has 2 heterocycles. The van der Waals surface area contributed by atoms with E-state index < -0.39 is 0 Å². The summed E-state index contributed by atoms with van der Waals surface area (Å²) >= 11 is 1.52. The summed E-state index contributed by atoms with van der Waals surface area (Å²) in [5.74, 6) is -0.340. The molecule has 4 nitrogen and oxygen atoms in total. The molecule has 24 heavy (non-hydrogen) atoms. The van der Waals surface area contributed by atoms with Crippen LogP contribution in [0.2, 0.25) is 0 Å². The van der Waals surface area contributed by atoms with E-state index in [1.54, 1.807) is 24.8 Å². The van der Waals surface area contributed by atoms with Crippen molar-refractivity contribution in [3.05, 3.63) is 66.7 Å². The molecule has 0 spiro atoms. The molecule has 1 aromatic carbocycles. The molecule has 0 N–H and O–H groups in total. The minimum absolute atomic E-state index is 0.340. The quantitative estimate of drug-likeness (QED) is 0.524. The van der Waals surface area contributed by atoms with Gasteiger partial charge < -0.3 is 4.74 Å². The van der Waals surface area contributed by atoms with Gasteiger partial charge >= 0.3 is 5.97 Å². The lowest BCUT2D eigenvalue weighted by molar-refractivity contribution is 0.0598. The Bertz CT molecular complexity index is 852. The summed E-state index contributed by atoms with van der Waals surface area (Å²) in [5, 5.41) is 0. The van der Waals surface area contributed by atoms with E-state index in [2.05, 4.69) is 9.97 Å². The van der Waals surface area contributed by atoms with Gasteiger partial charge in [-0.2, -0.15) is 0 Å². The van der Waals surface area contributed by atoms with Crippen molar-refractivity contribution < 1.29 is 9.53 Å². The normalized spacial score (nSPS) is 10.4. The Morgan fingerprint density at radius 2 is 1.50 bits per heavy atom. The SMILES string of the molecule is COC(=O)c1c(SC)cc(-c2ccncc2)cc1-c1ccncc1. The number of ether oxygens (including phenoxy) is 1. The zero-order valence-electron chi connectivity index (χ0n) is 13.4. The molecule has 0 radical (unpaired) electrons. The Hall–Kier alpha value is -2.66. The predicted molar refractivity (Wildman–Crippen MR) is 96.0 cm³/mol. The van der Waals surface area contributed by atoms with E-state index in [1.165, 1.54) is 18.9 Å². The van der Waals surface area contributed by atoms with Crippen molar-refractivity contribution in [2.24, 2.45) is 0 Å². The maximum atomic E-state index is 12.4. The highest BCUT2D eigenvalue weighted by Crippen LogP contribution is 2.36. The Labute approximate surface area is 144 Å². The second kappa shape index (κ2) is 7.27. The minimum atomic E-state index is -0.340. The van der Waals surface area contributed by atoms with Gasteiger partial charge in [-0.1, -0.05) is 0 Å². The minimum Gasteiger partial charge on any atom is -0.465 e. The van der Waals surface area contributed by atoms with Gasteiger partial charge in [0.1, 0.15) is 0 Å². The standard InChI is InChI=1S/C19H16N2O2S/c1-23-19(22)18-16(14-5-9-21-10-6-14)11-15(12-17(18)24-2)13-3-7-20-8-4-13/h3-12H,1-2H3. The van der Waals surface area contributed by atoms with E-state index in [-0.39, 0.29) is 5.97 Å². The number of hydrogen-bond acceptors (Lipinski definition) is 5. The third-order valence-corrected chi connectivity index (χ3v) is 4.48. The van der Waals surface area contributed by atoms with Crippen LogP contribution in [0, 0.1) is 0 Å². The first-order valence-corrected chi connectivity index (χ1v) is 8.58. The molecule has 0 saturated carbocycles. The second-order valence-corrected chi connectivity index (χ2v) is 5.91. The highest BCUT2D eigenvalue weighted by atomic mass is 32.2. The molecular formula is C19H16N2O2S. The molecule has 0 saturated heterocycles. The molecule has 0 aliphatic heterocycles. The Balaban J connectivity index is 2.28. The summed E-state index contributed by atoms with van der Waals surface area (Å²) in [6, 6.07) is 11.7. The smallest absolute Gasteiger partial charge is 0.339 e. The van der Waals surface area contributed by atoms with Gasteiger partial charge in [-0.15, -0.1) is 11.8 Å². The highest BCUT2D eigenvalue weighted by Gasteiger charge is 2.20. The molecule has 0 fully saturated rings. The second-order valence-electron chi connectivity index (χ2n) is 5.06. The maximum absolute atomic E-state index is 12.4. The van der Waals surface area contributed by atoms with Crippen LogP contribution >= 0.6 is 11.8 Å². The first kappa shape index (κ1) is 16.2. The average molecular weight is 336 g/mol. The van der Waals surface area contributed by atoms with E-state index in [4.69, 9.17) is 4.74 Å².